The summed E-state index contributed by atoms with van der Waals surface area (Å²) in [5.74, 6) is 3.60. The summed E-state index contributed by atoms with van der Waals surface area (Å²) in [5, 5.41) is 15.8. The number of hydrogen-bond acceptors (Lipinski definition) is 3. The summed E-state index contributed by atoms with van der Waals surface area (Å²) in [5.41, 5.74) is 0.298. The van der Waals surface area contributed by atoms with E-state index in [4.69, 9.17) is 4.99 Å². The van der Waals surface area contributed by atoms with Gasteiger partial charge in [-0.05, 0) is 43.9 Å². The summed E-state index contributed by atoms with van der Waals surface area (Å²) >= 11 is 0. The molecular formula is C21H38N6. The van der Waals surface area contributed by atoms with E-state index in [0.29, 0.717) is 18.0 Å². The predicted octanol–water partition coefficient (Wildman–Crippen LogP) is 3.71. The lowest BCUT2D eigenvalue weighted by Gasteiger charge is -2.33. The van der Waals surface area contributed by atoms with Gasteiger partial charge in [-0.3, -0.25) is 0 Å². The summed E-state index contributed by atoms with van der Waals surface area (Å²) < 4.78 is 2.02. The Morgan fingerprint density at radius 3 is 2.37 bits per heavy atom. The summed E-state index contributed by atoms with van der Waals surface area (Å²) in [6.45, 7) is 8.31. The van der Waals surface area contributed by atoms with E-state index in [9.17, 15) is 0 Å². The molecule has 0 saturated heterocycles. The van der Waals surface area contributed by atoms with E-state index in [2.05, 4.69) is 34.7 Å². The Bertz CT molecular complexity index is 621. The van der Waals surface area contributed by atoms with Crippen molar-refractivity contribution >= 4 is 5.96 Å². The molecule has 2 aliphatic carbocycles. The predicted molar refractivity (Wildman–Crippen MR) is 111 cm³/mol. The normalized spacial score (nSPS) is 20.2. The van der Waals surface area contributed by atoms with Crippen molar-refractivity contribution in [3.8, 4) is 0 Å². The van der Waals surface area contributed by atoms with Crippen LogP contribution >= 0.6 is 0 Å². The number of guanidine groups is 1. The Morgan fingerprint density at radius 1 is 1.07 bits per heavy atom. The molecule has 6 heteroatoms. The van der Waals surface area contributed by atoms with Crippen molar-refractivity contribution in [2.75, 3.05) is 6.54 Å². The van der Waals surface area contributed by atoms with E-state index in [0.717, 1.165) is 30.1 Å². The van der Waals surface area contributed by atoms with Crippen LogP contribution in [0.3, 0.4) is 0 Å². The maximum absolute atomic E-state index is 4.86. The highest BCUT2D eigenvalue weighted by Crippen LogP contribution is 2.39. The fraction of sp³-hybridized carbons (Fsp3) is 0.857. The van der Waals surface area contributed by atoms with Gasteiger partial charge in [0.05, 0.1) is 0 Å². The van der Waals surface area contributed by atoms with Gasteiger partial charge in [0.25, 0.3) is 0 Å². The van der Waals surface area contributed by atoms with Crippen molar-refractivity contribution in [2.24, 2.45) is 23.4 Å². The summed E-state index contributed by atoms with van der Waals surface area (Å²) in [6.07, 6.45) is 12.0. The van der Waals surface area contributed by atoms with E-state index < -0.39 is 0 Å². The maximum atomic E-state index is 4.86. The first kappa shape index (κ1) is 20.2. The highest BCUT2D eigenvalue weighted by molar-refractivity contribution is 5.80. The molecule has 1 heterocycles. The SMILES string of the molecule is Cc1nnc(CN=C(NCC(C)(C)C2CCCC2)NC2CCCCC2)n1C. The molecule has 2 N–H and O–H groups in total. The topological polar surface area (TPSA) is 67.1 Å². The number of nitrogens with zero attached hydrogens (tertiary/aromatic N) is 4. The largest absolute Gasteiger partial charge is 0.356 e. The smallest absolute Gasteiger partial charge is 0.191 e. The van der Waals surface area contributed by atoms with E-state index in [-0.39, 0.29) is 0 Å². The first-order valence-electron chi connectivity index (χ1n) is 10.9. The van der Waals surface area contributed by atoms with Crippen LogP contribution in [0.4, 0.5) is 0 Å². The molecule has 2 aliphatic rings. The lowest BCUT2D eigenvalue weighted by molar-refractivity contribution is 0.217. The fourth-order valence-corrected chi connectivity index (χ4v) is 4.49. The van der Waals surface area contributed by atoms with Gasteiger partial charge in [-0.2, -0.15) is 0 Å². The van der Waals surface area contributed by atoms with Gasteiger partial charge in [-0.15, -0.1) is 10.2 Å². The molecule has 1 aromatic rings. The van der Waals surface area contributed by atoms with Crippen LogP contribution in [0.15, 0.2) is 4.99 Å². The van der Waals surface area contributed by atoms with Crippen LogP contribution in [0.5, 0.6) is 0 Å². The monoisotopic (exact) mass is 374 g/mol. The Balaban J connectivity index is 1.64. The van der Waals surface area contributed by atoms with Crippen LogP contribution in [0.1, 0.15) is 83.3 Å². The molecule has 1 aromatic heterocycles. The van der Waals surface area contributed by atoms with Crippen LogP contribution in [-0.2, 0) is 13.6 Å². The zero-order valence-corrected chi connectivity index (χ0v) is 17.7. The minimum Gasteiger partial charge on any atom is -0.356 e. The maximum Gasteiger partial charge on any atom is 0.191 e. The molecule has 2 fully saturated rings. The molecule has 0 atom stereocenters. The van der Waals surface area contributed by atoms with Crippen molar-refractivity contribution in [3.05, 3.63) is 11.6 Å². The zero-order chi connectivity index (χ0) is 19.3. The third-order valence-corrected chi connectivity index (χ3v) is 6.68. The van der Waals surface area contributed by atoms with Gasteiger partial charge < -0.3 is 15.2 Å². The van der Waals surface area contributed by atoms with Crippen LogP contribution < -0.4 is 10.6 Å². The first-order valence-corrected chi connectivity index (χ1v) is 10.9. The summed E-state index contributed by atoms with van der Waals surface area (Å²) in [4.78, 5) is 4.86. The summed E-state index contributed by atoms with van der Waals surface area (Å²) in [6, 6.07) is 0.542. The molecule has 2 saturated carbocycles. The lowest BCUT2D eigenvalue weighted by Crippen LogP contribution is -2.48. The van der Waals surface area contributed by atoms with Crippen molar-refractivity contribution < 1.29 is 0 Å². The van der Waals surface area contributed by atoms with Gasteiger partial charge in [0.15, 0.2) is 11.8 Å². The molecular weight excluding hydrogens is 336 g/mol. The quantitative estimate of drug-likeness (QED) is 0.588. The van der Waals surface area contributed by atoms with Crippen molar-refractivity contribution in [2.45, 2.75) is 91.1 Å². The number of aromatic nitrogens is 3. The highest BCUT2D eigenvalue weighted by atomic mass is 15.3. The second-order valence-electron chi connectivity index (χ2n) is 9.19. The Labute approximate surface area is 164 Å². The molecule has 0 spiro atoms. The van der Waals surface area contributed by atoms with Crippen molar-refractivity contribution in [1.29, 1.82) is 0 Å². The van der Waals surface area contributed by atoms with Gasteiger partial charge in [0.1, 0.15) is 12.4 Å². The minimum atomic E-state index is 0.298. The minimum absolute atomic E-state index is 0.298. The second kappa shape index (κ2) is 9.07. The van der Waals surface area contributed by atoms with Gasteiger partial charge in [-0.25, -0.2) is 4.99 Å². The fourth-order valence-electron chi connectivity index (χ4n) is 4.49. The zero-order valence-electron chi connectivity index (χ0n) is 17.7. The number of rotatable bonds is 6. The van der Waals surface area contributed by atoms with Crippen molar-refractivity contribution in [1.82, 2.24) is 25.4 Å². The molecule has 6 nitrogen and oxygen atoms in total. The molecule has 0 unspecified atom stereocenters. The standard InChI is InChI=1S/C21H38N6/c1-16-25-26-19(27(16)4)14-22-20(24-18-12-6-5-7-13-18)23-15-21(2,3)17-10-8-9-11-17/h17-18H,5-15H2,1-4H3,(H2,22,23,24). The molecule has 0 aliphatic heterocycles. The van der Waals surface area contributed by atoms with E-state index >= 15 is 0 Å². The third-order valence-electron chi connectivity index (χ3n) is 6.68. The van der Waals surface area contributed by atoms with Crippen LogP contribution in [0.25, 0.3) is 0 Å². The van der Waals surface area contributed by atoms with Gasteiger partial charge >= 0.3 is 0 Å². The van der Waals surface area contributed by atoms with Gasteiger partial charge in [0, 0.05) is 19.6 Å². The van der Waals surface area contributed by atoms with Gasteiger partial charge in [-0.1, -0.05) is 46.0 Å². The average Bonchev–Trinajstić information content (AvgIpc) is 3.31. The Kier molecular flexibility index (Phi) is 6.77. The molecule has 0 aromatic carbocycles. The average molecular weight is 375 g/mol. The number of hydrogen-bond donors (Lipinski definition) is 2. The van der Waals surface area contributed by atoms with E-state index in [1.165, 1.54) is 57.8 Å². The Morgan fingerprint density at radius 2 is 1.74 bits per heavy atom. The highest BCUT2D eigenvalue weighted by Gasteiger charge is 2.32. The molecule has 3 rings (SSSR count). The van der Waals surface area contributed by atoms with E-state index in [1.807, 2.05) is 18.5 Å². The first-order chi connectivity index (χ1) is 13.0. The lowest BCUT2D eigenvalue weighted by atomic mass is 9.78. The Hall–Kier alpha value is -1.59. The molecule has 0 amide bonds. The number of aliphatic imine (C=N–C) groups is 1. The number of nitrogens with one attached hydrogen (secondary N) is 2. The van der Waals surface area contributed by atoms with Crippen molar-refractivity contribution in [3.63, 3.8) is 0 Å². The second-order valence-corrected chi connectivity index (χ2v) is 9.19. The molecule has 27 heavy (non-hydrogen) atoms. The van der Waals surface area contributed by atoms with E-state index in [1.54, 1.807) is 0 Å². The molecule has 0 radical (unpaired) electrons. The van der Waals surface area contributed by atoms with Crippen LogP contribution in [-0.4, -0.2) is 33.3 Å². The summed E-state index contributed by atoms with van der Waals surface area (Å²) in [7, 11) is 2.01. The molecule has 0 bridgehead atoms. The number of aryl methyl sites for hydroxylation is 1. The van der Waals surface area contributed by atoms with Crippen LogP contribution in [0, 0.1) is 18.3 Å². The third kappa shape index (κ3) is 5.45. The van der Waals surface area contributed by atoms with Crippen LogP contribution in [0.2, 0.25) is 0 Å². The van der Waals surface area contributed by atoms with Gasteiger partial charge in [0.2, 0.25) is 0 Å². The molecule has 152 valence electrons.